The number of rotatable bonds is 3. The third-order valence-corrected chi connectivity index (χ3v) is 2.06. The standard InChI is InChI=1S/C6H7NO3S/c8-3-4-11-7-5(9)1-2-6(7)10/h1-2,8H,3-4H2. The van der Waals surface area contributed by atoms with Gasteiger partial charge in [-0.2, -0.15) is 0 Å². The van der Waals surface area contributed by atoms with Crippen LogP contribution in [0, 0.1) is 0 Å². The molecular formula is C6H7NO3S. The van der Waals surface area contributed by atoms with Crippen molar-refractivity contribution in [3.63, 3.8) is 0 Å². The maximum absolute atomic E-state index is 10.8. The van der Waals surface area contributed by atoms with Crippen LogP contribution in [0.5, 0.6) is 0 Å². The molecule has 11 heavy (non-hydrogen) atoms. The molecule has 60 valence electrons. The van der Waals surface area contributed by atoms with E-state index < -0.39 is 0 Å². The number of amides is 2. The Bertz CT molecular complexity index is 196. The highest BCUT2D eigenvalue weighted by Crippen LogP contribution is 2.15. The van der Waals surface area contributed by atoms with Gasteiger partial charge in [0.2, 0.25) is 0 Å². The minimum Gasteiger partial charge on any atom is -0.395 e. The summed E-state index contributed by atoms with van der Waals surface area (Å²) >= 11 is 1.02. The molecule has 2 amide bonds. The second-order valence-electron chi connectivity index (χ2n) is 1.86. The van der Waals surface area contributed by atoms with Crippen molar-refractivity contribution < 1.29 is 14.7 Å². The summed E-state index contributed by atoms with van der Waals surface area (Å²) in [5.74, 6) is -0.291. The number of imide groups is 1. The molecule has 1 N–H and O–H groups in total. The first-order valence-electron chi connectivity index (χ1n) is 3.05. The van der Waals surface area contributed by atoms with E-state index in [0.29, 0.717) is 5.75 Å². The van der Waals surface area contributed by atoms with Gasteiger partial charge in [0.05, 0.1) is 6.61 Å². The molecule has 1 aliphatic rings. The van der Waals surface area contributed by atoms with E-state index in [0.717, 1.165) is 16.3 Å². The van der Waals surface area contributed by atoms with Gasteiger partial charge in [-0.25, -0.2) is 4.31 Å². The Kier molecular flexibility index (Phi) is 2.67. The molecule has 0 aromatic rings. The molecule has 1 aliphatic heterocycles. The van der Waals surface area contributed by atoms with Crippen molar-refractivity contribution in [2.24, 2.45) is 0 Å². The van der Waals surface area contributed by atoms with Crippen molar-refractivity contribution in [3.8, 4) is 0 Å². The van der Waals surface area contributed by atoms with Gasteiger partial charge in [-0.15, -0.1) is 0 Å². The van der Waals surface area contributed by atoms with E-state index >= 15 is 0 Å². The zero-order valence-electron chi connectivity index (χ0n) is 5.69. The van der Waals surface area contributed by atoms with Crippen LogP contribution in [0.25, 0.3) is 0 Å². The number of nitrogens with zero attached hydrogens (tertiary/aromatic N) is 1. The SMILES string of the molecule is O=C1C=CC(=O)N1SCCO. The zero-order valence-corrected chi connectivity index (χ0v) is 6.50. The first-order chi connectivity index (χ1) is 5.25. The Labute approximate surface area is 68.0 Å². The van der Waals surface area contributed by atoms with Gasteiger partial charge in [0.1, 0.15) is 0 Å². The van der Waals surface area contributed by atoms with E-state index in [9.17, 15) is 9.59 Å². The lowest BCUT2D eigenvalue weighted by molar-refractivity contribution is -0.130. The second-order valence-corrected chi connectivity index (χ2v) is 2.89. The van der Waals surface area contributed by atoms with Gasteiger partial charge < -0.3 is 5.11 Å². The molecule has 0 aliphatic carbocycles. The van der Waals surface area contributed by atoms with Crippen LogP contribution in [0.2, 0.25) is 0 Å². The van der Waals surface area contributed by atoms with Gasteiger partial charge in [0.25, 0.3) is 11.8 Å². The summed E-state index contributed by atoms with van der Waals surface area (Å²) in [6.45, 7) is -0.0400. The van der Waals surface area contributed by atoms with E-state index in [2.05, 4.69) is 0 Å². The van der Waals surface area contributed by atoms with Crippen molar-refractivity contribution in [2.45, 2.75) is 0 Å². The summed E-state index contributed by atoms with van der Waals surface area (Å²) < 4.78 is 1.02. The average Bonchev–Trinajstić information content (AvgIpc) is 2.29. The van der Waals surface area contributed by atoms with Crippen molar-refractivity contribution in [3.05, 3.63) is 12.2 Å². The Morgan fingerprint density at radius 2 is 1.91 bits per heavy atom. The fourth-order valence-electron chi connectivity index (χ4n) is 0.646. The third-order valence-electron chi connectivity index (χ3n) is 1.08. The summed E-state index contributed by atoms with van der Waals surface area (Å²) in [6, 6.07) is 0. The van der Waals surface area contributed by atoms with Crippen molar-refractivity contribution in [2.75, 3.05) is 12.4 Å². The van der Waals surface area contributed by atoms with Crippen LogP contribution in [0.15, 0.2) is 12.2 Å². The van der Waals surface area contributed by atoms with Crippen LogP contribution in [0.1, 0.15) is 0 Å². The molecule has 0 bridgehead atoms. The highest BCUT2D eigenvalue weighted by Gasteiger charge is 2.23. The monoisotopic (exact) mass is 173 g/mol. The second kappa shape index (κ2) is 3.54. The number of aliphatic hydroxyl groups is 1. The first-order valence-corrected chi connectivity index (χ1v) is 4.00. The minimum atomic E-state index is -0.326. The van der Waals surface area contributed by atoms with Crippen molar-refractivity contribution in [1.82, 2.24) is 4.31 Å². The predicted molar refractivity (Wildman–Crippen MR) is 40.5 cm³/mol. The maximum atomic E-state index is 10.8. The van der Waals surface area contributed by atoms with Gasteiger partial charge >= 0.3 is 0 Å². The molecule has 0 radical (unpaired) electrons. The predicted octanol–water partition coefficient (Wildman–Crippen LogP) is -0.448. The largest absolute Gasteiger partial charge is 0.395 e. The summed E-state index contributed by atoms with van der Waals surface area (Å²) in [6.07, 6.45) is 2.43. The molecule has 0 aromatic heterocycles. The molecule has 1 rings (SSSR count). The Hall–Kier alpha value is -0.810. The van der Waals surface area contributed by atoms with Crippen molar-refractivity contribution in [1.29, 1.82) is 0 Å². The molecule has 0 aromatic carbocycles. The normalized spacial score (nSPS) is 16.6. The third kappa shape index (κ3) is 1.81. The van der Waals surface area contributed by atoms with Crippen LogP contribution < -0.4 is 0 Å². The Morgan fingerprint density at radius 1 is 1.36 bits per heavy atom. The topological polar surface area (TPSA) is 57.6 Å². The number of carbonyl (C=O) groups is 2. The smallest absolute Gasteiger partial charge is 0.263 e. The Balaban J connectivity index is 2.46. The summed E-state index contributed by atoms with van der Waals surface area (Å²) in [7, 11) is 0. The zero-order chi connectivity index (χ0) is 8.27. The highest BCUT2D eigenvalue weighted by molar-refractivity contribution is 7.98. The molecule has 0 fully saturated rings. The van der Waals surface area contributed by atoms with E-state index in [1.807, 2.05) is 0 Å². The van der Waals surface area contributed by atoms with Crippen LogP contribution in [-0.2, 0) is 9.59 Å². The minimum absolute atomic E-state index is 0.0400. The molecule has 5 heteroatoms. The first kappa shape index (κ1) is 8.29. The van der Waals surface area contributed by atoms with Gasteiger partial charge in [-0.05, 0) is 11.9 Å². The van der Waals surface area contributed by atoms with Gasteiger partial charge in [0, 0.05) is 17.9 Å². The van der Waals surface area contributed by atoms with Crippen LogP contribution >= 0.6 is 11.9 Å². The van der Waals surface area contributed by atoms with Gasteiger partial charge in [0.15, 0.2) is 0 Å². The lowest BCUT2D eigenvalue weighted by Crippen LogP contribution is -2.23. The fourth-order valence-corrected chi connectivity index (χ4v) is 1.29. The van der Waals surface area contributed by atoms with E-state index in [4.69, 9.17) is 5.11 Å². The molecular weight excluding hydrogens is 166 g/mol. The van der Waals surface area contributed by atoms with Crippen LogP contribution in [0.3, 0.4) is 0 Å². The van der Waals surface area contributed by atoms with Crippen LogP contribution in [0.4, 0.5) is 0 Å². The van der Waals surface area contributed by atoms with Crippen molar-refractivity contribution >= 4 is 23.8 Å². The molecule has 0 saturated heterocycles. The van der Waals surface area contributed by atoms with E-state index in [1.54, 1.807) is 0 Å². The average molecular weight is 173 g/mol. The lowest BCUT2D eigenvalue weighted by atomic mass is 10.6. The molecule has 0 atom stereocenters. The number of hydrogen-bond donors (Lipinski definition) is 1. The maximum Gasteiger partial charge on any atom is 0.263 e. The van der Waals surface area contributed by atoms with Gasteiger partial charge in [-0.1, -0.05) is 0 Å². The molecule has 0 saturated carbocycles. The fraction of sp³-hybridized carbons (Fsp3) is 0.333. The molecule has 0 spiro atoms. The quantitative estimate of drug-likeness (QED) is 0.464. The number of hydrogen-bond acceptors (Lipinski definition) is 4. The van der Waals surface area contributed by atoms with E-state index in [-0.39, 0.29) is 18.4 Å². The number of carbonyl (C=O) groups excluding carboxylic acids is 2. The number of aliphatic hydroxyl groups excluding tert-OH is 1. The highest BCUT2D eigenvalue weighted by atomic mass is 32.2. The molecule has 0 unspecified atom stereocenters. The summed E-state index contributed by atoms with van der Waals surface area (Å²) in [5, 5.41) is 8.41. The summed E-state index contributed by atoms with van der Waals surface area (Å²) in [5.41, 5.74) is 0. The summed E-state index contributed by atoms with van der Waals surface area (Å²) in [4.78, 5) is 21.6. The lowest BCUT2D eigenvalue weighted by Gasteiger charge is -2.09. The van der Waals surface area contributed by atoms with Crippen LogP contribution in [-0.4, -0.2) is 33.6 Å². The Morgan fingerprint density at radius 3 is 2.36 bits per heavy atom. The van der Waals surface area contributed by atoms with Gasteiger partial charge in [-0.3, -0.25) is 9.59 Å². The van der Waals surface area contributed by atoms with E-state index in [1.165, 1.54) is 12.2 Å². The molecule has 1 heterocycles. The molecule has 4 nitrogen and oxygen atoms in total.